The van der Waals surface area contributed by atoms with Crippen LogP contribution in [-0.2, 0) is 89.6 Å². The number of carbonyl (C=O) groups excluding carboxylic acids is 14. The van der Waals surface area contributed by atoms with Gasteiger partial charge in [0.2, 0.25) is 82.7 Å². The zero-order chi connectivity index (χ0) is 91.3. The van der Waals surface area contributed by atoms with E-state index in [-0.39, 0.29) is 170 Å². The van der Waals surface area contributed by atoms with Crippen molar-refractivity contribution in [3.63, 3.8) is 0 Å². The first-order chi connectivity index (χ1) is 58.1. The van der Waals surface area contributed by atoms with Crippen molar-refractivity contribution in [3.05, 3.63) is 59.7 Å². The number of phenols is 2. The fraction of sp³-hybridized carbons (Fsp3) is 0.617. The molecule has 0 spiro atoms. The molecule has 2 fully saturated rings. The lowest BCUT2D eigenvalue weighted by Crippen LogP contribution is -2.60. The molecule has 680 valence electrons. The Balaban J connectivity index is 1.31. The van der Waals surface area contributed by atoms with Gasteiger partial charge in [0.1, 0.15) is 84.0 Å². The van der Waals surface area contributed by atoms with Gasteiger partial charge >= 0.3 is 11.9 Å². The van der Waals surface area contributed by atoms with E-state index >= 15 is 4.79 Å². The number of carbonyl (C=O) groups is 16. The van der Waals surface area contributed by atoms with Crippen LogP contribution in [0.15, 0.2) is 53.5 Å². The summed E-state index contributed by atoms with van der Waals surface area (Å²) >= 11 is 0. The summed E-state index contributed by atoms with van der Waals surface area (Å²) in [7, 11) is 0. The number of nitrogens with two attached hydrogens (primary N) is 3. The van der Waals surface area contributed by atoms with Crippen molar-refractivity contribution in [1.82, 2.24) is 84.2 Å². The first-order valence-corrected chi connectivity index (χ1v) is 41.7. The van der Waals surface area contributed by atoms with Gasteiger partial charge in [-0.3, -0.25) is 87.7 Å². The van der Waals surface area contributed by atoms with Crippen molar-refractivity contribution in [2.45, 2.75) is 250 Å². The van der Waals surface area contributed by atoms with Crippen molar-refractivity contribution in [2.24, 2.45) is 45.9 Å². The quantitative estimate of drug-likeness (QED) is 0.0176. The van der Waals surface area contributed by atoms with Gasteiger partial charge in [-0.25, -0.2) is 4.79 Å². The molecule has 5 rings (SSSR count). The minimum absolute atomic E-state index is 0.00251. The number of guanidine groups is 2. The van der Waals surface area contributed by atoms with Crippen molar-refractivity contribution >= 4 is 113 Å². The third-order valence-electron chi connectivity index (χ3n) is 20.7. The third-order valence-corrected chi connectivity index (χ3v) is 20.7. The van der Waals surface area contributed by atoms with E-state index in [0.29, 0.717) is 30.4 Å². The third kappa shape index (κ3) is 35.4. The molecule has 3 heterocycles. The van der Waals surface area contributed by atoms with Crippen LogP contribution in [0.3, 0.4) is 0 Å². The summed E-state index contributed by atoms with van der Waals surface area (Å²) in [5.74, 6) is -15.4. The van der Waals surface area contributed by atoms with Crippen LogP contribution in [0.25, 0.3) is 0 Å². The molecule has 0 saturated carbocycles. The number of benzene rings is 2. The molecule has 2 aromatic carbocycles. The van der Waals surface area contributed by atoms with Crippen molar-refractivity contribution in [3.8, 4) is 11.5 Å². The van der Waals surface area contributed by atoms with Crippen LogP contribution in [0.5, 0.6) is 11.5 Å². The van der Waals surface area contributed by atoms with Crippen molar-refractivity contribution in [2.75, 3.05) is 45.8 Å². The number of nitrogens with one attached hydrogen (secondary N) is 16. The number of unbranched alkanes of at least 4 members (excludes halogenated alkanes) is 1. The Labute approximate surface area is 714 Å². The lowest BCUT2D eigenvalue weighted by atomic mass is 10.0. The van der Waals surface area contributed by atoms with Crippen LogP contribution in [0, 0.1) is 34.5 Å². The van der Waals surface area contributed by atoms with Gasteiger partial charge in [-0.2, -0.15) is 0 Å². The van der Waals surface area contributed by atoms with Crippen LogP contribution < -0.4 is 91.6 Å². The van der Waals surface area contributed by atoms with E-state index in [4.69, 9.17) is 28.0 Å². The summed E-state index contributed by atoms with van der Waals surface area (Å²) in [4.78, 5) is 228. The number of aliphatic imine (C=N–C) groups is 1. The Bertz CT molecular complexity index is 4040. The molecule has 0 aliphatic carbocycles. The topological polar surface area (TPSA) is 667 Å². The molecule has 2 aromatic rings. The number of aromatic hydroxyl groups is 2. The summed E-state index contributed by atoms with van der Waals surface area (Å²) in [6, 6.07) is -5.52. The number of amides is 14. The largest absolute Gasteiger partial charge is 0.508 e. The summed E-state index contributed by atoms with van der Waals surface area (Å²) in [6.45, 7) is 12.6. The summed E-state index contributed by atoms with van der Waals surface area (Å²) in [5.41, 5.74) is 17.8. The molecular weight excluding hydrogens is 1600 g/mol. The van der Waals surface area contributed by atoms with Crippen LogP contribution in [-0.4, -0.2) is 267 Å². The monoisotopic (exact) mass is 1730 g/mol. The molecule has 14 atom stereocenters. The van der Waals surface area contributed by atoms with E-state index in [0.717, 1.165) is 0 Å². The van der Waals surface area contributed by atoms with Gasteiger partial charge in [0.25, 0.3) is 0 Å². The van der Waals surface area contributed by atoms with Gasteiger partial charge in [-0.1, -0.05) is 72.7 Å². The standard InChI is InChI=1S/C81H126N22O20/c1-43(2)35-56(70(113)92-42-63(106)94-57(36-44(3)4)72(115)101-60(79(122)123)39-49-22-26-51(105)27-23-49)99-73(116)58(38-48-20-24-50(104)25-21-48)95-64(107)41-91-69(112)53(16-11-30-89-80(83)84)96-67(110)47(8)93-74(117)61-18-13-33-102(61)77(120)55(15-9-10-29-88-76(119)66-46(7)28-32-87-66)98-71(114)54(17-12-31-90-81(85)86)97-75(118)62-19-14-34-103(62)78(121)59(37-45(5)6)100-68(111)52(82)40-65(108)109/h20-27,32,43-47,52-62,66,104-105H,9-19,28-31,33-42,82H2,1-8H3,(H,88,119)(H,91,112)(H,92,113)(H,93,117)(H,94,106)(H,95,107)(H,96,110)(H,97,118)(H,98,114)(H,99,116)(H,100,111)(H,101,115)(H,108,109)(H,122,123)(H4,83,84,89)(H4,85,86,90)/t46-,47+,52+,53+,54+,55+,56+,57+,58+,59+,60+,61+,62+,66-/m1/s1. The Morgan fingerprint density at radius 3 is 1.35 bits per heavy atom. The molecule has 0 aromatic heterocycles. The van der Waals surface area contributed by atoms with Crippen molar-refractivity contribution in [1.29, 1.82) is 10.8 Å². The molecule has 14 amide bonds. The molecule has 2 saturated heterocycles. The molecule has 0 radical (unpaired) electrons. The summed E-state index contributed by atoms with van der Waals surface area (Å²) in [6.07, 6.45) is 2.61. The Morgan fingerprint density at radius 1 is 0.455 bits per heavy atom. The minimum Gasteiger partial charge on any atom is -0.508 e. The highest BCUT2D eigenvalue weighted by atomic mass is 16.4. The number of rotatable bonds is 51. The molecule has 0 unspecified atom stereocenters. The van der Waals surface area contributed by atoms with Gasteiger partial charge in [-0.15, -0.1) is 0 Å². The van der Waals surface area contributed by atoms with E-state index in [1.54, 1.807) is 47.8 Å². The second-order valence-corrected chi connectivity index (χ2v) is 32.6. The Hall–Kier alpha value is -12.3. The van der Waals surface area contributed by atoms with E-state index in [1.165, 1.54) is 65.3 Å². The molecule has 26 N–H and O–H groups in total. The van der Waals surface area contributed by atoms with Gasteiger partial charge in [0.05, 0.1) is 25.6 Å². The Morgan fingerprint density at radius 2 is 0.862 bits per heavy atom. The van der Waals surface area contributed by atoms with Gasteiger partial charge in [0.15, 0.2) is 11.9 Å². The number of hydrogen-bond donors (Lipinski definition) is 23. The molecule has 42 heteroatoms. The maximum atomic E-state index is 15.1. The number of phenolic OH excluding ortho intramolecular Hbond substituents is 2. The number of carboxylic acid groups (broad SMARTS) is 2. The minimum atomic E-state index is -1.49. The second-order valence-electron chi connectivity index (χ2n) is 32.6. The highest BCUT2D eigenvalue weighted by molar-refractivity contribution is 6.00. The van der Waals surface area contributed by atoms with Crippen LogP contribution >= 0.6 is 0 Å². The Kier molecular flexibility index (Phi) is 41.9. The molecule has 3 aliphatic heterocycles. The van der Waals surface area contributed by atoms with Crippen molar-refractivity contribution < 1.29 is 97.1 Å². The molecular formula is C81H126N22O20. The molecule has 123 heavy (non-hydrogen) atoms. The molecule has 0 bridgehead atoms. The number of likely N-dealkylation sites (tertiary alicyclic amines) is 2. The predicted octanol–water partition coefficient (Wildman–Crippen LogP) is -3.20. The smallest absolute Gasteiger partial charge is 0.326 e. The number of aliphatic carboxylic acids is 2. The van der Waals surface area contributed by atoms with E-state index < -0.39 is 193 Å². The molecule has 42 nitrogen and oxygen atoms in total. The average molecular weight is 1730 g/mol. The normalized spacial score (nSPS) is 17.8. The average Bonchev–Trinajstić information content (AvgIpc) is 1.72. The fourth-order valence-electron chi connectivity index (χ4n) is 14.2. The number of carboxylic acids is 2. The SMILES string of the molecule is CC(C)C[C@H](NC(=O)CNC(=O)[C@H](CC(C)C)NC(=O)[C@H](Cc1ccc(O)cc1)NC(=O)CNC(=O)[C@H](CCCNC(=N)N)NC(=O)[C@H](C)NC(=O)[C@@H]1CCCN1C(=O)[C@H](CCCCNC(=O)[C@@H]1N=CC[C@H]1C)NC(=O)[C@H](CCCNC(=N)N)NC(=O)[C@@H]1CCCN1C(=O)[C@H](CC(C)C)NC(=O)[C@@H](N)CC(=O)O)C(=O)N[C@@H](Cc1ccc(O)cc1)C(=O)O. The zero-order valence-corrected chi connectivity index (χ0v) is 71.1. The highest BCUT2D eigenvalue weighted by Gasteiger charge is 2.43. The first-order valence-electron chi connectivity index (χ1n) is 41.7. The maximum absolute atomic E-state index is 15.1. The maximum Gasteiger partial charge on any atom is 0.326 e. The highest BCUT2D eigenvalue weighted by Crippen LogP contribution is 2.25. The molecule has 3 aliphatic rings. The van der Waals surface area contributed by atoms with Crippen LogP contribution in [0.4, 0.5) is 0 Å². The predicted molar refractivity (Wildman–Crippen MR) is 450 cm³/mol. The summed E-state index contributed by atoms with van der Waals surface area (Å²) < 4.78 is 0. The lowest BCUT2D eigenvalue weighted by molar-refractivity contribution is -0.144. The van der Waals surface area contributed by atoms with E-state index in [1.807, 2.05) is 6.92 Å². The first kappa shape index (κ1) is 101. The van der Waals surface area contributed by atoms with Crippen LogP contribution in [0.2, 0.25) is 0 Å². The zero-order valence-electron chi connectivity index (χ0n) is 71.1. The van der Waals surface area contributed by atoms with Gasteiger partial charge in [-0.05, 0) is 162 Å². The van der Waals surface area contributed by atoms with Crippen LogP contribution in [0.1, 0.15) is 169 Å². The number of hydrogen-bond acceptors (Lipinski definition) is 22. The summed E-state index contributed by atoms with van der Waals surface area (Å²) in [5, 5.41) is 91.0. The number of nitrogens with zero attached hydrogens (tertiary/aromatic N) is 3. The second kappa shape index (κ2) is 50.8. The van der Waals surface area contributed by atoms with Gasteiger partial charge < -0.3 is 122 Å². The van der Waals surface area contributed by atoms with Gasteiger partial charge in [0, 0.05) is 51.8 Å². The lowest BCUT2D eigenvalue weighted by Gasteiger charge is -2.32. The fourth-order valence-corrected chi connectivity index (χ4v) is 14.2. The van der Waals surface area contributed by atoms with E-state index in [2.05, 4.69) is 79.4 Å². The van der Waals surface area contributed by atoms with E-state index in [9.17, 15) is 92.3 Å².